The Morgan fingerprint density at radius 1 is 1.27 bits per heavy atom. The molecular weight excluding hydrogens is 414 g/mol. The minimum absolute atomic E-state index is 0.126. The van der Waals surface area contributed by atoms with Gasteiger partial charge in [-0.3, -0.25) is 4.79 Å². The standard InChI is InChI=1S/C22H21N5OS2/c23-12-17-16-8-4-5-9-18(16)30-21(17)24-19(28)13-29-22-25-20(14-10-11-14)27(26-22)15-6-2-1-3-7-15/h1-3,6-7,14H,4-5,8-11,13H2,(H,24,28). The fourth-order valence-corrected chi connectivity index (χ4v) is 5.68. The van der Waals surface area contributed by atoms with E-state index in [1.807, 2.05) is 35.0 Å². The second-order valence-electron chi connectivity index (χ2n) is 7.64. The van der Waals surface area contributed by atoms with E-state index >= 15 is 0 Å². The Morgan fingerprint density at radius 2 is 2.07 bits per heavy atom. The van der Waals surface area contributed by atoms with E-state index in [9.17, 15) is 10.1 Å². The smallest absolute Gasteiger partial charge is 0.235 e. The number of thiophene rings is 1. The number of amides is 1. The first kappa shape index (κ1) is 19.3. The molecule has 1 fully saturated rings. The zero-order valence-electron chi connectivity index (χ0n) is 16.4. The van der Waals surface area contributed by atoms with Crippen molar-refractivity contribution in [3.63, 3.8) is 0 Å². The molecule has 1 saturated carbocycles. The lowest BCUT2D eigenvalue weighted by Crippen LogP contribution is -2.14. The average molecular weight is 436 g/mol. The van der Waals surface area contributed by atoms with E-state index in [0.29, 0.717) is 21.6 Å². The molecule has 30 heavy (non-hydrogen) atoms. The van der Waals surface area contributed by atoms with Gasteiger partial charge in [0.15, 0.2) is 0 Å². The molecule has 2 aliphatic carbocycles. The van der Waals surface area contributed by atoms with E-state index in [1.54, 1.807) is 11.3 Å². The Kier molecular flexibility index (Phi) is 5.32. The summed E-state index contributed by atoms with van der Waals surface area (Å²) in [6.07, 6.45) is 6.47. The van der Waals surface area contributed by atoms with Gasteiger partial charge in [0, 0.05) is 10.8 Å². The van der Waals surface area contributed by atoms with Crippen LogP contribution in [0.1, 0.15) is 53.4 Å². The van der Waals surface area contributed by atoms with Gasteiger partial charge in [0.05, 0.1) is 17.0 Å². The van der Waals surface area contributed by atoms with Crippen molar-refractivity contribution < 1.29 is 4.79 Å². The largest absolute Gasteiger partial charge is 0.316 e. The molecule has 6 nitrogen and oxygen atoms in total. The van der Waals surface area contributed by atoms with Gasteiger partial charge in [0.25, 0.3) is 0 Å². The Balaban J connectivity index is 1.28. The van der Waals surface area contributed by atoms with Crippen LogP contribution < -0.4 is 5.32 Å². The molecule has 5 rings (SSSR count). The summed E-state index contributed by atoms with van der Waals surface area (Å²) < 4.78 is 1.90. The fraction of sp³-hybridized carbons (Fsp3) is 0.364. The van der Waals surface area contributed by atoms with E-state index in [-0.39, 0.29) is 11.7 Å². The van der Waals surface area contributed by atoms with Crippen LogP contribution in [-0.4, -0.2) is 26.4 Å². The number of thioether (sulfide) groups is 1. The van der Waals surface area contributed by atoms with E-state index in [4.69, 9.17) is 4.98 Å². The molecule has 8 heteroatoms. The quantitative estimate of drug-likeness (QED) is 0.568. The van der Waals surface area contributed by atoms with Gasteiger partial charge in [-0.2, -0.15) is 5.26 Å². The third-order valence-electron chi connectivity index (χ3n) is 5.42. The summed E-state index contributed by atoms with van der Waals surface area (Å²) >= 11 is 2.89. The van der Waals surface area contributed by atoms with Crippen molar-refractivity contribution in [1.82, 2.24) is 14.8 Å². The molecule has 2 aliphatic rings. The minimum Gasteiger partial charge on any atom is -0.316 e. The van der Waals surface area contributed by atoms with Gasteiger partial charge < -0.3 is 5.32 Å². The highest BCUT2D eigenvalue weighted by atomic mass is 32.2. The third-order valence-corrected chi connectivity index (χ3v) is 7.47. The van der Waals surface area contributed by atoms with Crippen molar-refractivity contribution in [2.75, 3.05) is 11.1 Å². The molecule has 1 aromatic carbocycles. The maximum atomic E-state index is 12.6. The molecule has 0 atom stereocenters. The van der Waals surface area contributed by atoms with Gasteiger partial charge in [-0.15, -0.1) is 16.4 Å². The summed E-state index contributed by atoms with van der Waals surface area (Å²) in [4.78, 5) is 18.5. The predicted octanol–water partition coefficient (Wildman–Crippen LogP) is 4.69. The van der Waals surface area contributed by atoms with Gasteiger partial charge in [-0.1, -0.05) is 30.0 Å². The predicted molar refractivity (Wildman–Crippen MR) is 118 cm³/mol. The first-order valence-electron chi connectivity index (χ1n) is 10.2. The number of hydrogen-bond donors (Lipinski definition) is 1. The van der Waals surface area contributed by atoms with Crippen molar-refractivity contribution in [3.8, 4) is 11.8 Å². The molecule has 2 aromatic heterocycles. The topological polar surface area (TPSA) is 83.6 Å². The number of para-hydroxylation sites is 1. The zero-order chi connectivity index (χ0) is 20.5. The molecule has 0 aliphatic heterocycles. The molecule has 0 bridgehead atoms. The van der Waals surface area contributed by atoms with Crippen molar-refractivity contribution in [2.45, 2.75) is 49.6 Å². The van der Waals surface area contributed by atoms with Gasteiger partial charge >= 0.3 is 0 Å². The number of nitrogens with one attached hydrogen (secondary N) is 1. The molecule has 3 aromatic rings. The van der Waals surface area contributed by atoms with E-state index in [2.05, 4.69) is 16.5 Å². The Bertz CT molecular complexity index is 1120. The van der Waals surface area contributed by atoms with E-state index in [1.165, 1.54) is 16.6 Å². The number of aromatic nitrogens is 3. The maximum Gasteiger partial charge on any atom is 0.235 e. The molecule has 0 radical (unpaired) electrons. The summed E-state index contributed by atoms with van der Waals surface area (Å²) in [5.74, 6) is 1.52. The number of carbonyl (C=O) groups excluding carboxylic acids is 1. The van der Waals surface area contributed by atoms with Crippen molar-refractivity contribution >= 4 is 34.0 Å². The van der Waals surface area contributed by atoms with Crippen LogP contribution >= 0.6 is 23.1 Å². The molecule has 1 amide bonds. The van der Waals surface area contributed by atoms with Crippen LogP contribution in [0.4, 0.5) is 5.00 Å². The first-order chi connectivity index (χ1) is 14.7. The first-order valence-corrected chi connectivity index (χ1v) is 12.0. The summed E-state index contributed by atoms with van der Waals surface area (Å²) in [6.45, 7) is 0. The van der Waals surface area contributed by atoms with Gasteiger partial charge in [0.1, 0.15) is 16.9 Å². The lowest BCUT2D eigenvalue weighted by Gasteiger charge is -2.09. The van der Waals surface area contributed by atoms with E-state index < -0.39 is 0 Å². The van der Waals surface area contributed by atoms with Crippen molar-refractivity contribution in [2.24, 2.45) is 0 Å². The Hall–Kier alpha value is -2.63. The van der Waals surface area contributed by atoms with E-state index in [0.717, 1.165) is 55.6 Å². The Morgan fingerprint density at radius 3 is 2.83 bits per heavy atom. The van der Waals surface area contributed by atoms with Gasteiger partial charge in [-0.25, -0.2) is 9.67 Å². The number of anilines is 1. The number of fused-ring (bicyclic) bond motifs is 1. The molecular formula is C22H21N5OS2. The molecule has 0 unspecified atom stereocenters. The SMILES string of the molecule is N#Cc1c(NC(=O)CSc2nc(C3CC3)n(-c3ccccc3)n2)sc2c1CCCC2. The van der Waals surface area contributed by atoms with Crippen LogP contribution in [0.25, 0.3) is 5.69 Å². The normalized spacial score (nSPS) is 15.4. The summed E-state index contributed by atoms with van der Waals surface area (Å²) in [7, 11) is 0. The number of nitrogens with zero attached hydrogens (tertiary/aromatic N) is 4. The average Bonchev–Trinajstić information content (AvgIpc) is 3.43. The number of benzene rings is 1. The summed E-state index contributed by atoms with van der Waals surface area (Å²) in [5, 5.41) is 18.5. The highest BCUT2D eigenvalue weighted by molar-refractivity contribution is 7.99. The number of nitriles is 1. The molecule has 1 N–H and O–H groups in total. The number of hydrogen-bond acceptors (Lipinski definition) is 6. The van der Waals surface area contributed by atoms with Gasteiger partial charge in [0.2, 0.25) is 11.1 Å². The van der Waals surface area contributed by atoms with Crippen LogP contribution in [0.2, 0.25) is 0 Å². The third kappa shape index (κ3) is 3.87. The lowest BCUT2D eigenvalue weighted by atomic mass is 9.96. The van der Waals surface area contributed by atoms with Crippen LogP contribution in [0, 0.1) is 11.3 Å². The van der Waals surface area contributed by atoms with Crippen molar-refractivity contribution in [3.05, 3.63) is 52.2 Å². The summed E-state index contributed by atoms with van der Waals surface area (Å²) in [6, 6.07) is 12.3. The molecule has 0 saturated heterocycles. The number of aryl methyl sites for hydroxylation is 1. The maximum absolute atomic E-state index is 12.6. The highest BCUT2D eigenvalue weighted by Gasteiger charge is 2.30. The zero-order valence-corrected chi connectivity index (χ0v) is 18.1. The number of rotatable bonds is 6. The van der Waals surface area contributed by atoms with Crippen LogP contribution in [-0.2, 0) is 17.6 Å². The number of carbonyl (C=O) groups is 1. The molecule has 0 spiro atoms. The fourth-order valence-electron chi connectivity index (χ4n) is 3.80. The highest BCUT2D eigenvalue weighted by Crippen LogP contribution is 2.40. The van der Waals surface area contributed by atoms with Gasteiger partial charge in [-0.05, 0) is 56.2 Å². The molecule has 152 valence electrons. The second kappa shape index (κ2) is 8.25. The van der Waals surface area contributed by atoms with Crippen molar-refractivity contribution in [1.29, 1.82) is 5.26 Å². The second-order valence-corrected chi connectivity index (χ2v) is 9.69. The minimum atomic E-state index is -0.126. The monoisotopic (exact) mass is 435 g/mol. The lowest BCUT2D eigenvalue weighted by molar-refractivity contribution is -0.113. The van der Waals surface area contributed by atoms with Crippen LogP contribution in [0.15, 0.2) is 35.5 Å². The van der Waals surface area contributed by atoms with Crippen LogP contribution in [0.5, 0.6) is 0 Å². The Labute approximate surface area is 183 Å². The van der Waals surface area contributed by atoms with Crippen LogP contribution in [0.3, 0.4) is 0 Å². The summed E-state index contributed by atoms with van der Waals surface area (Å²) in [5.41, 5.74) is 2.77. The molecule has 2 heterocycles.